The number of hydrogen-bond acceptors (Lipinski definition) is 5. The summed E-state index contributed by atoms with van der Waals surface area (Å²) in [7, 11) is 1.53. The largest absolute Gasteiger partial charge is 0.459 e. The molecule has 0 atom stereocenters. The monoisotopic (exact) mass is 296 g/mol. The van der Waals surface area contributed by atoms with Crippen molar-refractivity contribution in [2.24, 2.45) is 0 Å². The molecule has 1 aliphatic heterocycles. The third-order valence-corrected chi connectivity index (χ3v) is 3.62. The molecule has 0 spiro atoms. The highest BCUT2D eigenvalue weighted by atomic mass is 16.5. The molecule has 1 aromatic heterocycles. The number of aliphatic hydroxyl groups is 1. The van der Waals surface area contributed by atoms with E-state index in [1.807, 2.05) is 0 Å². The maximum Gasteiger partial charge on any atom is 0.289 e. The van der Waals surface area contributed by atoms with Crippen molar-refractivity contribution in [1.29, 1.82) is 0 Å². The zero-order valence-electron chi connectivity index (χ0n) is 12.0. The highest BCUT2D eigenvalue weighted by Crippen LogP contribution is 2.19. The Morgan fingerprint density at radius 1 is 1.43 bits per heavy atom. The minimum absolute atomic E-state index is 0.0951. The zero-order chi connectivity index (χ0) is 15.3. The smallest absolute Gasteiger partial charge is 0.289 e. The average Bonchev–Trinajstić information content (AvgIpc) is 3.01. The molecule has 0 unspecified atom stereocenters. The van der Waals surface area contributed by atoms with Gasteiger partial charge in [0.25, 0.3) is 5.91 Å². The van der Waals surface area contributed by atoms with Crippen molar-refractivity contribution < 1.29 is 23.8 Å². The van der Waals surface area contributed by atoms with E-state index in [1.54, 1.807) is 12.1 Å². The minimum atomic E-state index is -0.649. The molecule has 1 aliphatic rings. The van der Waals surface area contributed by atoms with Crippen LogP contribution in [-0.2, 0) is 9.53 Å². The van der Waals surface area contributed by atoms with Crippen LogP contribution in [0.25, 0.3) is 0 Å². The van der Waals surface area contributed by atoms with Gasteiger partial charge in [-0.15, -0.1) is 0 Å². The molecule has 2 rings (SSSR count). The van der Waals surface area contributed by atoms with Crippen LogP contribution in [0.4, 0.5) is 0 Å². The lowest BCUT2D eigenvalue weighted by Gasteiger charge is -2.36. The number of carbonyl (C=O) groups is 2. The van der Waals surface area contributed by atoms with E-state index >= 15 is 0 Å². The first kappa shape index (κ1) is 15.5. The van der Waals surface area contributed by atoms with Gasteiger partial charge >= 0.3 is 0 Å². The van der Waals surface area contributed by atoms with E-state index in [0.717, 1.165) is 0 Å². The van der Waals surface area contributed by atoms with E-state index in [-0.39, 0.29) is 30.7 Å². The van der Waals surface area contributed by atoms with Gasteiger partial charge in [0.05, 0.1) is 25.0 Å². The molecule has 116 valence electrons. The predicted octanol–water partition coefficient (Wildman–Crippen LogP) is 0.00930. The molecule has 7 heteroatoms. The molecule has 7 nitrogen and oxygen atoms in total. The Bertz CT molecular complexity index is 480. The van der Waals surface area contributed by atoms with Crippen LogP contribution in [0.15, 0.2) is 22.8 Å². The van der Waals surface area contributed by atoms with Crippen molar-refractivity contribution in [2.75, 3.05) is 33.4 Å². The van der Waals surface area contributed by atoms with Gasteiger partial charge in [-0.25, -0.2) is 0 Å². The maximum atomic E-state index is 12.1. The third kappa shape index (κ3) is 3.83. The van der Waals surface area contributed by atoms with Gasteiger partial charge in [-0.2, -0.15) is 0 Å². The highest BCUT2D eigenvalue weighted by molar-refractivity contribution is 5.94. The SMILES string of the molecule is CN(CC(=O)NC1(CO)CCOCC1)C(=O)c1ccco1. The van der Waals surface area contributed by atoms with E-state index in [0.29, 0.717) is 26.1 Å². The van der Waals surface area contributed by atoms with Gasteiger partial charge in [0.1, 0.15) is 0 Å². The molecular weight excluding hydrogens is 276 g/mol. The molecule has 0 saturated carbocycles. The number of hydrogen-bond donors (Lipinski definition) is 2. The quantitative estimate of drug-likeness (QED) is 0.798. The van der Waals surface area contributed by atoms with Gasteiger partial charge in [-0.1, -0.05) is 0 Å². The molecule has 2 amide bonds. The number of ether oxygens (including phenoxy) is 1. The second kappa shape index (κ2) is 6.73. The van der Waals surface area contributed by atoms with Crippen molar-refractivity contribution in [3.8, 4) is 0 Å². The summed E-state index contributed by atoms with van der Waals surface area (Å²) in [6.45, 7) is 0.768. The van der Waals surface area contributed by atoms with Crippen LogP contribution in [0, 0.1) is 0 Å². The van der Waals surface area contributed by atoms with Crippen molar-refractivity contribution in [2.45, 2.75) is 18.4 Å². The number of furan rings is 1. The second-order valence-electron chi connectivity index (χ2n) is 5.24. The number of rotatable bonds is 5. The third-order valence-electron chi connectivity index (χ3n) is 3.62. The number of carbonyl (C=O) groups excluding carboxylic acids is 2. The minimum Gasteiger partial charge on any atom is -0.459 e. The van der Waals surface area contributed by atoms with E-state index in [1.165, 1.54) is 18.2 Å². The normalized spacial score (nSPS) is 17.2. The lowest BCUT2D eigenvalue weighted by Crippen LogP contribution is -2.56. The summed E-state index contributed by atoms with van der Waals surface area (Å²) in [6, 6.07) is 3.16. The van der Waals surface area contributed by atoms with Gasteiger partial charge in [-0.3, -0.25) is 9.59 Å². The number of likely N-dealkylation sites (N-methyl/N-ethyl adjacent to an activating group) is 1. The number of nitrogens with one attached hydrogen (secondary N) is 1. The van der Waals surface area contributed by atoms with Crippen molar-refractivity contribution in [3.63, 3.8) is 0 Å². The van der Waals surface area contributed by atoms with Crippen LogP contribution in [0.3, 0.4) is 0 Å². The summed E-state index contributed by atoms with van der Waals surface area (Å²) in [5, 5.41) is 12.3. The van der Waals surface area contributed by atoms with Crippen LogP contribution < -0.4 is 5.32 Å². The lowest BCUT2D eigenvalue weighted by molar-refractivity contribution is -0.125. The van der Waals surface area contributed by atoms with Crippen LogP contribution in [0.1, 0.15) is 23.4 Å². The molecule has 0 radical (unpaired) electrons. The number of nitrogens with zero attached hydrogens (tertiary/aromatic N) is 1. The Hall–Kier alpha value is -1.86. The molecule has 0 bridgehead atoms. The Labute approximate surface area is 122 Å². The molecule has 2 N–H and O–H groups in total. The molecule has 1 saturated heterocycles. The van der Waals surface area contributed by atoms with Crippen molar-refractivity contribution >= 4 is 11.8 Å². The van der Waals surface area contributed by atoms with Crippen LogP contribution >= 0.6 is 0 Å². The Kier molecular flexibility index (Phi) is 4.98. The Balaban J connectivity index is 1.90. The van der Waals surface area contributed by atoms with Crippen molar-refractivity contribution in [3.05, 3.63) is 24.2 Å². The molecule has 0 aliphatic carbocycles. The van der Waals surface area contributed by atoms with Gasteiger partial charge in [-0.05, 0) is 25.0 Å². The molecule has 1 aromatic rings. The summed E-state index contributed by atoms with van der Waals surface area (Å²) < 4.78 is 10.2. The van der Waals surface area contributed by atoms with Gasteiger partial charge in [0.15, 0.2) is 5.76 Å². The van der Waals surface area contributed by atoms with Gasteiger partial charge < -0.3 is 24.5 Å². The molecule has 2 heterocycles. The zero-order valence-corrected chi connectivity index (χ0v) is 12.0. The molecular formula is C14H20N2O5. The fraction of sp³-hybridized carbons (Fsp3) is 0.571. The number of amides is 2. The first-order valence-corrected chi connectivity index (χ1v) is 6.85. The predicted molar refractivity (Wildman–Crippen MR) is 73.7 cm³/mol. The fourth-order valence-corrected chi connectivity index (χ4v) is 2.30. The Morgan fingerprint density at radius 2 is 2.14 bits per heavy atom. The first-order valence-electron chi connectivity index (χ1n) is 6.85. The summed E-state index contributed by atoms with van der Waals surface area (Å²) in [4.78, 5) is 25.3. The van der Waals surface area contributed by atoms with Gasteiger partial charge in [0.2, 0.25) is 5.91 Å². The first-order chi connectivity index (χ1) is 10.1. The van der Waals surface area contributed by atoms with Gasteiger partial charge in [0, 0.05) is 20.3 Å². The summed E-state index contributed by atoms with van der Waals surface area (Å²) in [5.41, 5.74) is -0.649. The molecule has 1 fully saturated rings. The standard InChI is InChI=1S/C14H20N2O5/c1-16(13(19)11-3-2-6-21-11)9-12(18)15-14(10-17)4-7-20-8-5-14/h2-3,6,17H,4-5,7-10H2,1H3,(H,15,18). The van der Waals surface area contributed by atoms with Crippen LogP contribution in [-0.4, -0.2) is 60.8 Å². The van der Waals surface area contributed by atoms with E-state index in [4.69, 9.17) is 9.15 Å². The summed E-state index contributed by atoms with van der Waals surface area (Å²) >= 11 is 0. The van der Waals surface area contributed by atoms with E-state index in [2.05, 4.69) is 5.32 Å². The fourth-order valence-electron chi connectivity index (χ4n) is 2.30. The van der Waals surface area contributed by atoms with Crippen LogP contribution in [0.2, 0.25) is 0 Å². The van der Waals surface area contributed by atoms with E-state index < -0.39 is 5.54 Å². The topological polar surface area (TPSA) is 92.0 Å². The van der Waals surface area contributed by atoms with E-state index in [9.17, 15) is 14.7 Å². The van der Waals surface area contributed by atoms with Crippen LogP contribution in [0.5, 0.6) is 0 Å². The van der Waals surface area contributed by atoms with Crippen molar-refractivity contribution in [1.82, 2.24) is 10.2 Å². The average molecular weight is 296 g/mol. The molecule has 0 aromatic carbocycles. The maximum absolute atomic E-state index is 12.1. The Morgan fingerprint density at radius 3 is 2.71 bits per heavy atom. The summed E-state index contributed by atoms with van der Waals surface area (Å²) in [6.07, 6.45) is 2.53. The molecule has 21 heavy (non-hydrogen) atoms. The lowest BCUT2D eigenvalue weighted by atomic mass is 9.91. The highest BCUT2D eigenvalue weighted by Gasteiger charge is 2.33. The number of aliphatic hydroxyl groups excluding tert-OH is 1. The second-order valence-corrected chi connectivity index (χ2v) is 5.24. The summed E-state index contributed by atoms with van der Waals surface area (Å²) in [5.74, 6) is -0.484.